The number of hydrogen-bond donors (Lipinski definition) is 0. The smallest absolute Gasteiger partial charge is 0.460 e. The van der Waals surface area contributed by atoms with Crippen LogP contribution in [0.1, 0.15) is 94.4 Å². The van der Waals surface area contributed by atoms with Gasteiger partial charge in [0.25, 0.3) is 0 Å². The van der Waals surface area contributed by atoms with E-state index in [0.29, 0.717) is 18.8 Å². The van der Waals surface area contributed by atoms with Crippen LogP contribution in [0.25, 0.3) is 0 Å². The molecule has 1 unspecified atom stereocenters. The van der Waals surface area contributed by atoms with E-state index < -0.39 is 21.0 Å². The van der Waals surface area contributed by atoms with Crippen molar-refractivity contribution >= 4 is 33.0 Å². The van der Waals surface area contributed by atoms with E-state index >= 15 is 0 Å². The SMILES string of the molecule is CC[C@H](C)C[C@H](C)OB(OC)[C@H](Cl)CCC(CC(=O)OC(C)(C)C)O[Si](C)(C)C(C)(C)C. The summed E-state index contributed by atoms with van der Waals surface area (Å²) in [6.45, 7) is 23.1. The fourth-order valence-corrected chi connectivity index (χ4v) is 4.83. The number of hydrogen-bond acceptors (Lipinski definition) is 5. The molecule has 190 valence electrons. The summed E-state index contributed by atoms with van der Waals surface area (Å²) in [5.41, 5.74) is -0.519. The summed E-state index contributed by atoms with van der Waals surface area (Å²) in [7, 11) is -0.933. The molecule has 5 nitrogen and oxygen atoms in total. The molecule has 0 saturated carbocycles. The van der Waals surface area contributed by atoms with E-state index in [0.717, 1.165) is 12.8 Å². The van der Waals surface area contributed by atoms with Crippen LogP contribution in [0.2, 0.25) is 18.1 Å². The molecule has 0 bridgehead atoms. The van der Waals surface area contributed by atoms with Crippen molar-refractivity contribution in [2.75, 3.05) is 7.11 Å². The Bertz CT molecular complexity index is 547. The van der Waals surface area contributed by atoms with E-state index in [1.54, 1.807) is 7.11 Å². The van der Waals surface area contributed by atoms with Crippen molar-refractivity contribution in [3.8, 4) is 0 Å². The van der Waals surface area contributed by atoms with Gasteiger partial charge in [-0.05, 0) is 71.0 Å². The Kier molecular flexibility index (Phi) is 13.7. The standard InChI is InChI=1S/C24H50BClO5Si/c1-13-18(2)16-19(3)30-25(28-10)21(26)15-14-20(17-22(27)29-23(4,5)6)31-32(11,12)24(7,8)9/h18-21H,13-17H2,1-12H3/t18-,19-,20?,21+/m0/s1. The summed E-state index contributed by atoms with van der Waals surface area (Å²) in [6.07, 6.45) is 3.39. The van der Waals surface area contributed by atoms with Gasteiger partial charge in [-0.25, -0.2) is 0 Å². The molecule has 32 heavy (non-hydrogen) atoms. The Morgan fingerprint density at radius 1 is 1.06 bits per heavy atom. The van der Waals surface area contributed by atoms with E-state index in [9.17, 15) is 4.79 Å². The fraction of sp³-hybridized carbons (Fsp3) is 0.958. The molecule has 0 amide bonds. The predicted molar refractivity (Wildman–Crippen MR) is 139 cm³/mol. The van der Waals surface area contributed by atoms with Gasteiger partial charge in [0.2, 0.25) is 0 Å². The number of ether oxygens (including phenoxy) is 1. The normalized spacial score (nSPS) is 16.9. The summed E-state index contributed by atoms with van der Waals surface area (Å²) in [5.74, 6) is 0.349. The number of rotatable bonds is 14. The zero-order chi connectivity index (χ0) is 25.3. The van der Waals surface area contributed by atoms with Crippen LogP contribution in [0.3, 0.4) is 0 Å². The van der Waals surface area contributed by atoms with E-state index in [1.807, 2.05) is 20.8 Å². The summed E-state index contributed by atoms with van der Waals surface area (Å²) in [4.78, 5) is 12.5. The lowest BCUT2D eigenvalue weighted by molar-refractivity contribution is -0.156. The summed E-state index contributed by atoms with van der Waals surface area (Å²) in [5, 5.41) is -0.285. The highest BCUT2D eigenvalue weighted by Gasteiger charge is 2.40. The summed E-state index contributed by atoms with van der Waals surface area (Å²) in [6, 6.07) is 0. The van der Waals surface area contributed by atoms with Gasteiger partial charge in [-0.15, -0.1) is 11.6 Å². The first-order chi connectivity index (χ1) is 14.4. The highest BCUT2D eigenvalue weighted by atomic mass is 35.5. The van der Waals surface area contributed by atoms with E-state index in [2.05, 4.69) is 54.6 Å². The molecule has 0 fully saturated rings. The van der Waals surface area contributed by atoms with Gasteiger partial charge in [0.15, 0.2) is 8.32 Å². The number of halogens is 1. The van der Waals surface area contributed by atoms with Crippen molar-refractivity contribution < 1.29 is 23.3 Å². The highest BCUT2D eigenvalue weighted by Crippen LogP contribution is 2.38. The molecule has 0 aliphatic carbocycles. The largest absolute Gasteiger partial charge is 0.475 e. The zero-order valence-corrected chi connectivity index (χ0v) is 24.6. The lowest BCUT2D eigenvalue weighted by Crippen LogP contribution is -2.45. The molecule has 0 radical (unpaired) electrons. The van der Waals surface area contributed by atoms with Crippen LogP contribution in [-0.2, 0) is 23.3 Å². The van der Waals surface area contributed by atoms with Gasteiger partial charge in [0.05, 0.1) is 17.8 Å². The second kappa shape index (κ2) is 13.7. The first-order valence-electron chi connectivity index (χ1n) is 12.1. The Balaban J connectivity index is 5.17. The van der Waals surface area contributed by atoms with E-state index in [-0.39, 0.29) is 34.9 Å². The minimum atomic E-state index is -2.06. The monoisotopic (exact) mass is 492 g/mol. The molecule has 8 heteroatoms. The summed E-state index contributed by atoms with van der Waals surface area (Å²) >= 11 is 6.70. The van der Waals surface area contributed by atoms with Crippen molar-refractivity contribution in [1.29, 1.82) is 0 Å². The lowest BCUT2D eigenvalue weighted by Gasteiger charge is -2.39. The Labute approximate surface area is 204 Å². The Morgan fingerprint density at radius 3 is 2.06 bits per heavy atom. The van der Waals surface area contributed by atoms with Crippen LogP contribution in [0.15, 0.2) is 0 Å². The van der Waals surface area contributed by atoms with Crippen LogP contribution in [-0.4, -0.2) is 51.6 Å². The molecule has 0 aromatic heterocycles. The maximum absolute atomic E-state index is 12.5. The van der Waals surface area contributed by atoms with Crippen LogP contribution in [0, 0.1) is 5.92 Å². The molecule has 0 saturated heterocycles. The van der Waals surface area contributed by atoms with Crippen LogP contribution in [0.5, 0.6) is 0 Å². The molecule has 4 atom stereocenters. The van der Waals surface area contributed by atoms with Gasteiger partial charge < -0.3 is 18.5 Å². The number of carbonyl (C=O) groups is 1. The number of alkyl halides is 1. The third-order valence-electron chi connectivity index (χ3n) is 6.17. The molecular formula is C24H50BClO5Si. The molecular weight excluding hydrogens is 443 g/mol. The van der Waals surface area contributed by atoms with Gasteiger partial charge in [-0.2, -0.15) is 0 Å². The quantitative estimate of drug-likeness (QED) is 0.148. The van der Waals surface area contributed by atoms with E-state index in [4.69, 9.17) is 30.1 Å². The van der Waals surface area contributed by atoms with Crippen LogP contribution in [0.4, 0.5) is 0 Å². The van der Waals surface area contributed by atoms with Gasteiger partial charge in [0.1, 0.15) is 5.60 Å². The molecule has 0 heterocycles. The maximum Gasteiger partial charge on any atom is 0.475 e. The Morgan fingerprint density at radius 2 is 1.62 bits per heavy atom. The van der Waals surface area contributed by atoms with E-state index in [1.165, 1.54) is 0 Å². The minimum Gasteiger partial charge on any atom is -0.460 e. The topological polar surface area (TPSA) is 54.0 Å². The average Bonchev–Trinajstić information content (AvgIpc) is 2.60. The van der Waals surface area contributed by atoms with Crippen LogP contribution < -0.4 is 0 Å². The molecule has 0 aromatic carbocycles. The average molecular weight is 493 g/mol. The van der Waals surface area contributed by atoms with Crippen molar-refractivity contribution in [2.45, 2.75) is 136 Å². The van der Waals surface area contributed by atoms with Crippen molar-refractivity contribution in [1.82, 2.24) is 0 Å². The Hall–Kier alpha value is -0.0782. The van der Waals surface area contributed by atoms with Crippen LogP contribution >= 0.6 is 11.6 Å². The maximum atomic E-state index is 12.5. The third-order valence-corrected chi connectivity index (χ3v) is 11.1. The number of esters is 1. The molecule has 0 aromatic rings. The van der Waals surface area contributed by atoms with Gasteiger partial charge in [-0.3, -0.25) is 4.79 Å². The predicted octanol–water partition coefficient (Wildman–Crippen LogP) is 7.01. The molecule has 0 aliphatic rings. The minimum absolute atomic E-state index is 0.0448. The zero-order valence-electron chi connectivity index (χ0n) is 22.8. The van der Waals surface area contributed by atoms with Crippen molar-refractivity contribution in [2.24, 2.45) is 5.92 Å². The first kappa shape index (κ1) is 31.9. The second-order valence-electron chi connectivity index (χ2n) is 11.7. The van der Waals surface area contributed by atoms with Gasteiger partial charge >= 0.3 is 13.1 Å². The van der Waals surface area contributed by atoms with Crippen molar-refractivity contribution in [3.63, 3.8) is 0 Å². The molecule has 0 rings (SSSR count). The summed E-state index contributed by atoms with van der Waals surface area (Å²) < 4.78 is 23.8. The number of carbonyl (C=O) groups excluding carboxylic acids is 1. The molecule has 0 spiro atoms. The van der Waals surface area contributed by atoms with Gasteiger partial charge in [-0.1, -0.05) is 41.0 Å². The first-order valence-corrected chi connectivity index (χ1v) is 15.5. The van der Waals surface area contributed by atoms with Crippen molar-refractivity contribution in [3.05, 3.63) is 0 Å². The molecule has 0 aliphatic heterocycles. The third kappa shape index (κ3) is 13.0. The molecule has 0 N–H and O–H groups in total. The highest BCUT2D eigenvalue weighted by molar-refractivity contribution is 6.74. The second-order valence-corrected chi connectivity index (χ2v) is 17.0. The van der Waals surface area contributed by atoms with Gasteiger partial charge in [0, 0.05) is 13.2 Å². The lowest BCUT2D eigenvalue weighted by atomic mass is 9.80. The fourth-order valence-electron chi connectivity index (χ4n) is 3.15.